The summed E-state index contributed by atoms with van der Waals surface area (Å²) in [6.45, 7) is 1.59. The minimum atomic E-state index is -0.712. The number of allylic oxidation sites excluding steroid dienone is 1. The predicted octanol–water partition coefficient (Wildman–Crippen LogP) is 3.27. The SMILES string of the molecule is CCC(=O)C(=O)/C=C(\O)c1c[nH]c2ccc(Cl)cc12. The molecule has 19 heavy (non-hydrogen) atoms. The van der Waals surface area contributed by atoms with E-state index in [1.807, 2.05) is 0 Å². The molecule has 0 bridgehead atoms. The van der Waals surface area contributed by atoms with E-state index in [4.69, 9.17) is 11.6 Å². The maximum absolute atomic E-state index is 11.5. The number of carbonyl (C=O) groups excluding carboxylic acids is 2. The highest BCUT2D eigenvalue weighted by Gasteiger charge is 2.13. The van der Waals surface area contributed by atoms with E-state index in [-0.39, 0.29) is 12.2 Å². The molecule has 0 unspecified atom stereocenters. The zero-order chi connectivity index (χ0) is 14.0. The number of aromatic nitrogens is 1. The number of aliphatic hydroxyl groups is 1. The normalized spacial score (nSPS) is 11.8. The number of rotatable bonds is 4. The van der Waals surface area contributed by atoms with Gasteiger partial charge in [0.05, 0.1) is 0 Å². The van der Waals surface area contributed by atoms with Crippen LogP contribution >= 0.6 is 11.6 Å². The summed E-state index contributed by atoms with van der Waals surface area (Å²) in [6, 6.07) is 5.17. The van der Waals surface area contributed by atoms with E-state index in [2.05, 4.69) is 4.98 Å². The van der Waals surface area contributed by atoms with Crippen molar-refractivity contribution in [2.45, 2.75) is 13.3 Å². The highest BCUT2D eigenvalue weighted by Crippen LogP contribution is 2.26. The average molecular weight is 278 g/mol. The number of nitrogens with one attached hydrogen (secondary N) is 1. The van der Waals surface area contributed by atoms with Crippen molar-refractivity contribution in [2.75, 3.05) is 0 Å². The van der Waals surface area contributed by atoms with Gasteiger partial charge in [-0.05, 0) is 18.2 Å². The Morgan fingerprint density at radius 2 is 2.16 bits per heavy atom. The van der Waals surface area contributed by atoms with Crippen LogP contribution in [0, 0.1) is 0 Å². The number of ketones is 2. The van der Waals surface area contributed by atoms with Crippen molar-refractivity contribution in [1.29, 1.82) is 0 Å². The van der Waals surface area contributed by atoms with E-state index in [0.717, 1.165) is 11.6 Å². The van der Waals surface area contributed by atoms with Crippen molar-refractivity contribution in [1.82, 2.24) is 4.98 Å². The van der Waals surface area contributed by atoms with Gasteiger partial charge in [-0.15, -0.1) is 0 Å². The fourth-order valence-electron chi connectivity index (χ4n) is 1.76. The molecular formula is C14H12ClNO3. The minimum Gasteiger partial charge on any atom is -0.507 e. The zero-order valence-corrected chi connectivity index (χ0v) is 11.0. The third-order valence-electron chi connectivity index (χ3n) is 2.78. The quantitative estimate of drug-likeness (QED) is 0.512. The number of carbonyl (C=O) groups is 2. The van der Waals surface area contributed by atoms with Crippen LogP contribution in [0.15, 0.2) is 30.5 Å². The zero-order valence-electron chi connectivity index (χ0n) is 10.2. The van der Waals surface area contributed by atoms with E-state index in [0.29, 0.717) is 16.0 Å². The van der Waals surface area contributed by atoms with Gasteiger partial charge in [-0.25, -0.2) is 0 Å². The number of benzene rings is 1. The lowest BCUT2D eigenvalue weighted by Crippen LogP contribution is -2.09. The molecule has 2 rings (SSSR count). The van der Waals surface area contributed by atoms with Crippen molar-refractivity contribution >= 4 is 39.8 Å². The molecule has 0 fully saturated rings. The highest BCUT2D eigenvalue weighted by atomic mass is 35.5. The summed E-state index contributed by atoms with van der Waals surface area (Å²) in [5, 5.41) is 11.2. The molecule has 98 valence electrons. The second-order valence-corrected chi connectivity index (χ2v) is 4.50. The maximum Gasteiger partial charge on any atom is 0.225 e. The molecule has 0 spiro atoms. The Balaban J connectivity index is 2.44. The lowest BCUT2D eigenvalue weighted by Gasteiger charge is -1.98. The summed E-state index contributed by atoms with van der Waals surface area (Å²) in [4.78, 5) is 25.6. The molecule has 0 atom stereocenters. The van der Waals surface area contributed by atoms with Gasteiger partial charge in [-0.2, -0.15) is 0 Å². The predicted molar refractivity (Wildman–Crippen MR) is 74.2 cm³/mol. The van der Waals surface area contributed by atoms with E-state index < -0.39 is 11.6 Å². The highest BCUT2D eigenvalue weighted by molar-refractivity contribution is 6.42. The molecule has 4 nitrogen and oxygen atoms in total. The fraction of sp³-hybridized carbons (Fsp3) is 0.143. The molecule has 1 heterocycles. The van der Waals surface area contributed by atoms with Crippen molar-refractivity contribution in [3.8, 4) is 0 Å². The molecule has 0 radical (unpaired) electrons. The summed E-state index contributed by atoms with van der Waals surface area (Å²) in [5.74, 6) is -1.50. The van der Waals surface area contributed by atoms with Crippen LogP contribution in [-0.2, 0) is 9.59 Å². The molecule has 2 N–H and O–H groups in total. The molecular weight excluding hydrogens is 266 g/mol. The number of aromatic amines is 1. The third-order valence-corrected chi connectivity index (χ3v) is 3.02. The smallest absolute Gasteiger partial charge is 0.225 e. The second-order valence-electron chi connectivity index (χ2n) is 4.06. The first-order valence-corrected chi connectivity index (χ1v) is 6.15. The molecule has 0 saturated carbocycles. The largest absolute Gasteiger partial charge is 0.507 e. The number of hydrogen-bond donors (Lipinski definition) is 2. The first-order chi connectivity index (χ1) is 9.02. The number of aliphatic hydroxyl groups excluding tert-OH is 1. The van der Waals surface area contributed by atoms with Crippen LogP contribution in [0.5, 0.6) is 0 Å². The van der Waals surface area contributed by atoms with E-state index >= 15 is 0 Å². The molecule has 1 aromatic heterocycles. The Labute approximate surface area is 114 Å². The minimum absolute atomic E-state index is 0.113. The van der Waals surface area contributed by atoms with Gasteiger partial charge in [0.15, 0.2) is 0 Å². The lowest BCUT2D eigenvalue weighted by atomic mass is 10.1. The van der Waals surface area contributed by atoms with E-state index in [1.165, 1.54) is 0 Å². The molecule has 0 aliphatic rings. The molecule has 0 amide bonds. The molecule has 1 aromatic carbocycles. The molecule has 5 heteroatoms. The van der Waals surface area contributed by atoms with Gasteiger partial charge < -0.3 is 10.1 Å². The third kappa shape index (κ3) is 2.69. The number of Topliss-reactive ketones (excluding diaryl/α,β-unsaturated/α-hetero) is 1. The summed E-state index contributed by atoms with van der Waals surface area (Å²) < 4.78 is 0. The van der Waals surface area contributed by atoms with Crippen molar-refractivity contribution < 1.29 is 14.7 Å². The molecule has 0 aliphatic heterocycles. The van der Waals surface area contributed by atoms with Gasteiger partial charge in [-0.3, -0.25) is 9.59 Å². The van der Waals surface area contributed by atoms with Crippen LogP contribution in [0.25, 0.3) is 16.7 Å². The van der Waals surface area contributed by atoms with Crippen LogP contribution < -0.4 is 0 Å². The molecule has 0 saturated heterocycles. The van der Waals surface area contributed by atoms with Crippen molar-refractivity contribution in [2.24, 2.45) is 0 Å². The van der Waals surface area contributed by atoms with Crippen LogP contribution in [0.4, 0.5) is 0 Å². The average Bonchev–Trinajstić information content (AvgIpc) is 2.80. The maximum atomic E-state index is 11.5. The Bertz CT molecular complexity index is 685. The number of hydrogen-bond acceptors (Lipinski definition) is 3. The first kappa shape index (κ1) is 13.4. The summed E-state index contributed by atoms with van der Waals surface area (Å²) in [5.41, 5.74) is 1.23. The topological polar surface area (TPSA) is 70.2 Å². The molecule has 2 aromatic rings. The van der Waals surface area contributed by atoms with Crippen LogP contribution in [0.1, 0.15) is 18.9 Å². The van der Waals surface area contributed by atoms with Gasteiger partial charge in [0.25, 0.3) is 0 Å². The second kappa shape index (κ2) is 5.28. The van der Waals surface area contributed by atoms with Gasteiger partial charge in [0, 0.05) is 40.2 Å². The summed E-state index contributed by atoms with van der Waals surface area (Å²) in [7, 11) is 0. The fourth-order valence-corrected chi connectivity index (χ4v) is 1.93. The molecule has 0 aliphatic carbocycles. The van der Waals surface area contributed by atoms with Gasteiger partial charge >= 0.3 is 0 Å². The van der Waals surface area contributed by atoms with Crippen LogP contribution in [0.2, 0.25) is 5.02 Å². The van der Waals surface area contributed by atoms with Gasteiger partial charge in [-0.1, -0.05) is 18.5 Å². The van der Waals surface area contributed by atoms with Crippen LogP contribution in [0.3, 0.4) is 0 Å². The van der Waals surface area contributed by atoms with Crippen LogP contribution in [-0.4, -0.2) is 21.7 Å². The summed E-state index contributed by atoms with van der Waals surface area (Å²) in [6.07, 6.45) is 2.62. The Morgan fingerprint density at radius 3 is 2.84 bits per heavy atom. The van der Waals surface area contributed by atoms with Crippen molar-refractivity contribution in [3.63, 3.8) is 0 Å². The Kier molecular flexibility index (Phi) is 3.71. The van der Waals surface area contributed by atoms with E-state index in [1.54, 1.807) is 31.3 Å². The number of halogens is 1. The van der Waals surface area contributed by atoms with Gasteiger partial charge in [0.2, 0.25) is 11.6 Å². The van der Waals surface area contributed by atoms with Gasteiger partial charge in [0.1, 0.15) is 5.76 Å². The number of H-pyrrole nitrogens is 1. The van der Waals surface area contributed by atoms with E-state index in [9.17, 15) is 14.7 Å². The first-order valence-electron chi connectivity index (χ1n) is 5.77. The number of fused-ring (bicyclic) bond motifs is 1. The standard InChI is InChI=1S/C14H12ClNO3/c1-2-12(17)14(19)6-13(18)10-7-16-11-4-3-8(15)5-9(10)11/h3-7,16,18H,2H2,1H3/b13-6-. The Hall–Kier alpha value is -2.07. The Morgan fingerprint density at radius 1 is 1.42 bits per heavy atom. The monoisotopic (exact) mass is 277 g/mol. The lowest BCUT2D eigenvalue weighted by molar-refractivity contribution is -0.133. The van der Waals surface area contributed by atoms with Crippen molar-refractivity contribution in [3.05, 3.63) is 41.1 Å². The summed E-state index contributed by atoms with van der Waals surface area (Å²) >= 11 is 5.89.